The summed E-state index contributed by atoms with van der Waals surface area (Å²) >= 11 is 0. The zero-order valence-corrected chi connectivity index (χ0v) is 15.1. The fourth-order valence-electron chi connectivity index (χ4n) is 3.09. The molecule has 0 aliphatic heterocycles. The number of hydrogen-bond donors (Lipinski definition) is 0. The van der Waals surface area contributed by atoms with Gasteiger partial charge in [0.15, 0.2) is 0 Å². The standard InChI is InChI=1S/C24H25F/c1-3-5-6-19-9-11-20(12-10-19)22-15-16-23(24(25)17-22)21-13-7-18(4-2)8-14-21/h7-17H,3-6H2,1-2H3. The number of aryl methyl sites for hydroxylation is 2. The van der Waals surface area contributed by atoms with Gasteiger partial charge in [0.05, 0.1) is 0 Å². The van der Waals surface area contributed by atoms with Gasteiger partial charge in [0.25, 0.3) is 0 Å². The van der Waals surface area contributed by atoms with Gasteiger partial charge in [0, 0.05) is 5.56 Å². The molecule has 0 heterocycles. The molecule has 0 aliphatic rings. The highest BCUT2D eigenvalue weighted by Gasteiger charge is 2.08. The number of halogens is 1. The first-order valence-corrected chi connectivity index (χ1v) is 9.19. The van der Waals surface area contributed by atoms with Crippen LogP contribution in [0.5, 0.6) is 0 Å². The Morgan fingerprint density at radius 3 is 1.88 bits per heavy atom. The number of benzene rings is 3. The van der Waals surface area contributed by atoms with Crippen molar-refractivity contribution in [3.05, 3.63) is 83.7 Å². The minimum absolute atomic E-state index is 0.170. The van der Waals surface area contributed by atoms with Gasteiger partial charge in [0.1, 0.15) is 5.82 Å². The summed E-state index contributed by atoms with van der Waals surface area (Å²) in [6.45, 7) is 4.33. The van der Waals surface area contributed by atoms with Gasteiger partial charge in [-0.3, -0.25) is 0 Å². The molecule has 25 heavy (non-hydrogen) atoms. The van der Waals surface area contributed by atoms with E-state index in [4.69, 9.17) is 0 Å². The zero-order chi connectivity index (χ0) is 17.6. The van der Waals surface area contributed by atoms with E-state index in [2.05, 4.69) is 50.2 Å². The minimum atomic E-state index is -0.170. The van der Waals surface area contributed by atoms with Crippen molar-refractivity contribution < 1.29 is 4.39 Å². The molecule has 0 amide bonds. The minimum Gasteiger partial charge on any atom is -0.206 e. The van der Waals surface area contributed by atoms with E-state index in [1.54, 1.807) is 6.07 Å². The first-order chi connectivity index (χ1) is 12.2. The molecule has 0 bridgehead atoms. The van der Waals surface area contributed by atoms with Crippen LogP contribution in [-0.4, -0.2) is 0 Å². The van der Waals surface area contributed by atoms with Crippen LogP contribution in [0.1, 0.15) is 37.8 Å². The Labute approximate surface area is 150 Å². The van der Waals surface area contributed by atoms with Gasteiger partial charge in [-0.15, -0.1) is 0 Å². The van der Waals surface area contributed by atoms with E-state index < -0.39 is 0 Å². The largest absolute Gasteiger partial charge is 0.206 e. The Bertz CT molecular complexity index is 814. The summed E-state index contributed by atoms with van der Waals surface area (Å²) in [5.74, 6) is -0.170. The summed E-state index contributed by atoms with van der Waals surface area (Å²) in [5.41, 5.74) is 6.19. The highest BCUT2D eigenvalue weighted by Crippen LogP contribution is 2.28. The van der Waals surface area contributed by atoms with Crippen molar-refractivity contribution in [1.29, 1.82) is 0 Å². The summed E-state index contributed by atoms with van der Waals surface area (Å²) < 4.78 is 14.6. The van der Waals surface area contributed by atoms with Crippen LogP contribution in [0.25, 0.3) is 22.3 Å². The summed E-state index contributed by atoms with van der Waals surface area (Å²) in [6.07, 6.45) is 4.51. The van der Waals surface area contributed by atoms with Crippen molar-refractivity contribution >= 4 is 0 Å². The monoisotopic (exact) mass is 332 g/mol. The molecule has 0 saturated carbocycles. The van der Waals surface area contributed by atoms with Crippen molar-refractivity contribution in [2.45, 2.75) is 39.5 Å². The molecular weight excluding hydrogens is 307 g/mol. The number of rotatable bonds is 6. The van der Waals surface area contributed by atoms with E-state index in [0.717, 1.165) is 29.5 Å². The van der Waals surface area contributed by atoms with Crippen LogP contribution in [0.3, 0.4) is 0 Å². The lowest BCUT2D eigenvalue weighted by Gasteiger charge is -2.08. The molecule has 0 unspecified atom stereocenters. The van der Waals surface area contributed by atoms with Crippen LogP contribution in [-0.2, 0) is 12.8 Å². The molecule has 128 valence electrons. The molecule has 0 fully saturated rings. The second kappa shape index (κ2) is 8.11. The average molecular weight is 332 g/mol. The van der Waals surface area contributed by atoms with Crippen molar-refractivity contribution in [3.8, 4) is 22.3 Å². The molecule has 1 heteroatoms. The van der Waals surface area contributed by atoms with Crippen molar-refractivity contribution in [2.75, 3.05) is 0 Å². The molecule has 0 nitrogen and oxygen atoms in total. The second-order valence-corrected chi connectivity index (χ2v) is 6.55. The Hall–Kier alpha value is -2.41. The van der Waals surface area contributed by atoms with Gasteiger partial charge >= 0.3 is 0 Å². The lowest BCUT2D eigenvalue weighted by Crippen LogP contribution is -1.89. The number of hydrogen-bond acceptors (Lipinski definition) is 0. The third-order valence-electron chi connectivity index (χ3n) is 4.75. The van der Waals surface area contributed by atoms with Gasteiger partial charge in [-0.1, -0.05) is 80.9 Å². The molecule has 0 radical (unpaired) electrons. The SMILES string of the molecule is CCCCc1ccc(-c2ccc(-c3ccc(CC)cc3)c(F)c2)cc1. The average Bonchev–Trinajstić information content (AvgIpc) is 2.67. The van der Waals surface area contributed by atoms with Crippen LogP contribution in [0.2, 0.25) is 0 Å². The van der Waals surface area contributed by atoms with E-state index in [1.807, 2.05) is 24.3 Å². The third-order valence-corrected chi connectivity index (χ3v) is 4.75. The molecule has 0 atom stereocenters. The molecular formula is C24H25F. The molecule has 3 aromatic carbocycles. The molecule has 0 saturated heterocycles. The normalized spacial score (nSPS) is 10.8. The van der Waals surface area contributed by atoms with Crippen LogP contribution in [0, 0.1) is 5.82 Å². The Morgan fingerprint density at radius 2 is 1.28 bits per heavy atom. The smallest absolute Gasteiger partial charge is 0.131 e. The predicted octanol–water partition coefficient (Wildman–Crippen LogP) is 7.06. The fraction of sp³-hybridized carbons (Fsp3) is 0.250. The Kier molecular flexibility index (Phi) is 5.65. The fourth-order valence-corrected chi connectivity index (χ4v) is 3.09. The maximum atomic E-state index is 14.6. The first-order valence-electron chi connectivity index (χ1n) is 9.19. The van der Waals surface area contributed by atoms with Gasteiger partial charge in [-0.25, -0.2) is 4.39 Å². The quantitative estimate of drug-likeness (QED) is 0.453. The zero-order valence-electron chi connectivity index (χ0n) is 15.1. The maximum absolute atomic E-state index is 14.6. The summed E-state index contributed by atoms with van der Waals surface area (Å²) in [6, 6.07) is 22.2. The molecule has 0 spiro atoms. The van der Waals surface area contributed by atoms with Gasteiger partial charge in [0.2, 0.25) is 0 Å². The van der Waals surface area contributed by atoms with Gasteiger partial charge in [-0.2, -0.15) is 0 Å². The van der Waals surface area contributed by atoms with Crippen molar-refractivity contribution in [3.63, 3.8) is 0 Å². The third kappa shape index (κ3) is 4.17. The van der Waals surface area contributed by atoms with E-state index >= 15 is 0 Å². The van der Waals surface area contributed by atoms with E-state index in [-0.39, 0.29) is 5.82 Å². The lowest BCUT2D eigenvalue weighted by molar-refractivity contribution is 0.632. The highest BCUT2D eigenvalue weighted by molar-refractivity contribution is 5.71. The number of unbranched alkanes of at least 4 members (excludes halogenated alkanes) is 1. The molecule has 3 aromatic rings. The Morgan fingerprint density at radius 1 is 0.680 bits per heavy atom. The van der Waals surface area contributed by atoms with Crippen LogP contribution in [0.15, 0.2) is 66.7 Å². The van der Waals surface area contributed by atoms with E-state index in [0.29, 0.717) is 5.56 Å². The summed E-state index contributed by atoms with van der Waals surface area (Å²) in [5, 5.41) is 0. The van der Waals surface area contributed by atoms with E-state index in [1.165, 1.54) is 24.0 Å². The lowest BCUT2D eigenvalue weighted by atomic mass is 9.97. The summed E-state index contributed by atoms with van der Waals surface area (Å²) in [7, 11) is 0. The second-order valence-electron chi connectivity index (χ2n) is 6.55. The maximum Gasteiger partial charge on any atom is 0.131 e. The van der Waals surface area contributed by atoms with Crippen LogP contribution in [0.4, 0.5) is 4.39 Å². The highest BCUT2D eigenvalue weighted by atomic mass is 19.1. The van der Waals surface area contributed by atoms with Crippen molar-refractivity contribution in [1.82, 2.24) is 0 Å². The molecule has 0 N–H and O–H groups in total. The molecule has 0 aromatic heterocycles. The van der Waals surface area contributed by atoms with Gasteiger partial charge in [-0.05, 0) is 53.1 Å². The summed E-state index contributed by atoms with van der Waals surface area (Å²) in [4.78, 5) is 0. The molecule has 3 rings (SSSR count). The molecule has 0 aliphatic carbocycles. The topological polar surface area (TPSA) is 0 Å². The predicted molar refractivity (Wildman–Crippen MR) is 105 cm³/mol. The van der Waals surface area contributed by atoms with Crippen LogP contribution >= 0.6 is 0 Å². The Balaban J connectivity index is 1.83. The van der Waals surface area contributed by atoms with Gasteiger partial charge < -0.3 is 0 Å². The van der Waals surface area contributed by atoms with E-state index in [9.17, 15) is 4.39 Å². The first kappa shape index (κ1) is 17.4. The van der Waals surface area contributed by atoms with Crippen LogP contribution < -0.4 is 0 Å². The van der Waals surface area contributed by atoms with Crippen molar-refractivity contribution in [2.24, 2.45) is 0 Å².